The number of aromatic nitrogens is 2. The number of nitrogens with zero attached hydrogens (tertiary/aromatic N) is 3. The normalized spacial score (nSPS) is 22.9. The molecule has 16 heavy (non-hydrogen) atoms. The van der Waals surface area contributed by atoms with Crippen molar-refractivity contribution in [2.45, 2.75) is 58.7 Å². The summed E-state index contributed by atoms with van der Waals surface area (Å²) in [5.41, 5.74) is 1.40. The van der Waals surface area contributed by atoms with Crippen LogP contribution in [0.4, 0.5) is 0 Å². The first-order valence-corrected chi connectivity index (χ1v) is 6.22. The number of rotatable bonds is 2. The first-order chi connectivity index (χ1) is 7.47. The van der Waals surface area contributed by atoms with Gasteiger partial charge in [-0.2, -0.15) is 0 Å². The summed E-state index contributed by atoms with van der Waals surface area (Å²) in [6.45, 7) is 11.3. The Morgan fingerprint density at radius 1 is 1.44 bits per heavy atom. The lowest BCUT2D eigenvalue weighted by Gasteiger charge is -2.37. The van der Waals surface area contributed by atoms with Gasteiger partial charge >= 0.3 is 0 Å². The van der Waals surface area contributed by atoms with Crippen molar-refractivity contribution in [2.24, 2.45) is 0 Å². The van der Waals surface area contributed by atoms with Crippen LogP contribution >= 0.6 is 0 Å². The van der Waals surface area contributed by atoms with E-state index in [1.807, 2.05) is 13.3 Å². The van der Waals surface area contributed by atoms with Crippen molar-refractivity contribution in [3.63, 3.8) is 0 Å². The van der Waals surface area contributed by atoms with E-state index < -0.39 is 0 Å². The van der Waals surface area contributed by atoms with Crippen LogP contribution in [0.1, 0.15) is 39.3 Å². The fourth-order valence-electron chi connectivity index (χ4n) is 2.72. The van der Waals surface area contributed by atoms with Crippen molar-refractivity contribution in [1.29, 1.82) is 0 Å². The Morgan fingerprint density at radius 2 is 2.19 bits per heavy atom. The van der Waals surface area contributed by atoms with Gasteiger partial charge in [0.05, 0.1) is 12.0 Å². The molecule has 0 bridgehead atoms. The Balaban J connectivity index is 2.04. The minimum absolute atomic E-state index is 0.288. The molecule has 2 heterocycles. The van der Waals surface area contributed by atoms with Crippen LogP contribution in [0.25, 0.3) is 0 Å². The monoisotopic (exact) mass is 221 g/mol. The van der Waals surface area contributed by atoms with Gasteiger partial charge in [-0.05, 0) is 47.1 Å². The molecule has 0 saturated carbocycles. The van der Waals surface area contributed by atoms with Gasteiger partial charge in [-0.15, -0.1) is 0 Å². The van der Waals surface area contributed by atoms with Crippen molar-refractivity contribution >= 4 is 0 Å². The van der Waals surface area contributed by atoms with E-state index in [0.717, 1.165) is 12.2 Å². The van der Waals surface area contributed by atoms with Crippen LogP contribution in [0, 0.1) is 6.92 Å². The zero-order valence-electron chi connectivity index (χ0n) is 10.9. The number of hydrogen-bond acceptors (Lipinski definition) is 2. The standard InChI is InChI=1S/C13H23N3/c1-11-8-15(10-14-11)9-12-6-5-7-16(12)13(2,3)4/h8,10,12H,5-7,9H2,1-4H3/t12-/m0/s1. The van der Waals surface area contributed by atoms with Crippen molar-refractivity contribution in [3.05, 3.63) is 18.2 Å². The average Bonchev–Trinajstić information content (AvgIpc) is 2.74. The van der Waals surface area contributed by atoms with E-state index in [2.05, 4.69) is 41.4 Å². The van der Waals surface area contributed by atoms with Gasteiger partial charge in [0.25, 0.3) is 0 Å². The van der Waals surface area contributed by atoms with Crippen molar-refractivity contribution in [1.82, 2.24) is 14.5 Å². The highest BCUT2D eigenvalue weighted by Crippen LogP contribution is 2.27. The molecule has 2 rings (SSSR count). The largest absolute Gasteiger partial charge is 0.336 e. The van der Waals surface area contributed by atoms with Crippen LogP contribution in [0.5, 0.6) is 0 Å². The topological polar surface area (TPSA) is 21.1 Å². The van der Waals surface area contributed by atoms with Crippen LogP contribution in [0.2, 0.25) is 0 Å². The summed E-state index contributed by atoms with van der Waals surface area (Å²) in [5.74, 6) is 0. The molecule has 1 atom stereocenters. The van der Waals surface area contributed by atoms with Crippen LogP contribution < -0.4 is 0 Å². The summed E-state index contributed by atoms with van der Waals surface area (Å²) in [7, 11) is 0. The lowest BCUT2D eigenvalue weighted by atomic mass is 10.0. The third kappa shape index (κ3) is 2.46. The highest BCUT2D eigenvalue weighted by molar-refractivity contribution is 4.95. The molecule has 0 aromatic carbocycles. The molecule has 3 nitrogen and oxygen atoms in total. The Labute approximate surface area is 98.5 Å². The SMILES string of the molecule is Cc1cn(C[C@@H]2CCCN2C(C)(C)C)cn1. The Hall–Kier alpha value is -0.830. The molecule has 0 spiro atoms. The van der Waals surface area contributed by atoms with Crippen molar-refractivity contribution < 1.29 is 0 Å². The third-order valence-electron chi connectivity index (χ3n) is 3.42. The van der Waals surface area contributed by atoms with Crippen LogP contribution in [-0.4, -0.2) is 32.6 Å². The quantitative estimate of drug-likeness (QED) is 0.765. The molecule has 0 amide bonds. The fourth-order valence-corrected chi connectivity index (χ4v) is 2.72. The predicted octanol–water partition coefficient (Wildman–Crippen LogP) is 2.45. The number of likely N-dealkylation sites (tertiary alicyclic amines) is 1. The summed E-state index contributed by atoms with van der Waals surface area (Å²) >= 11 is 0. The molecule has 90 valence electrons. The van der Waals surface area contributed by atoms with E-state index in [0.29, 0.717) is 6.04 Å². The summed E-state index contributed by atoms with van der Waals surface area (Å²) in [5, 5.41) is 0. The molecule has 0 unspecified atom stereocenters. The van der Waals surface area contributed by atoms with Crippen molar-refractivity contribution in [2.75, 3.05) is 6.54 Å². The predicted molar refractivity (Wildman–Crippen MR) is 66.4 cm³/mol. The maximum Gasteiger partial charge on any atom is 0.0949 e. The van der Waals surface area contributed by atoms with E-state index >= 15 is 0 Å². The highest BCUT2D eigenvalue weighted by Gasteiger charge is 2.32. The molecule has 3 heteroatoms. The van der Waals surface area contributed by atoms with Crippen LogP contribution in [0.3, 0.4) is 0 Å². The van der Waals surface area contributed by atoms with Gasteiger partial charge in [-0.25, -0.2) is 4.98 Å². The minimum Gasteiger partial charge on any atom is -0.336 e. The Morgan fingerprint density at radius 3 is 2.75 bits per heavy atom. The molecule has 0 radical (unpaired) electrons. The Kier molecular flexibility index (Phi) is 3.06. The Bertz CT molecular complexity index is 348. The summed E-state index contributed by atoms with van der Waals surface area (Å²) in [6, 6.07) is 0.675. The molecule has 1 aromatic rings. The van der Waals surface area contributed by atoms with Gasteiger partial charge in [0, 0.05) is 24.3 Å². The molecule has 1 aliphatic heterocycles. The minimum atomic E-state index is 0.288. The molecular formula is C13H23N3. The highest BCUT2D eigenvalue weighted by atomic mass is 15.3. The van der Waals surface area contributed by atoms with Gasteiger partial charge in [0.15, 0.2) is 0 Å². The van der Waals surface area contributed by atoms with E-state index in [4.69, 9.17) is 0 Å². The molecule has 1 fully saturated rings. The first kappa shape index (κ1) is 11.6. The second-order valence-corrected chi connectivity index (χ2v) is 5.87. The second-order valence-electron chi connectivity index (χ2n) is 5.87. The number of hydrogen-bond donors (Lipinski definition) is 0. The lowest BCUT2D eigenvalue weighted by molar-refractivity contribution is 0.111. The summed E-state index contributed by atoms with van der Waals surface area (Å²) in [6.07, 6.45) is 6.73. The van der Waals surface area contributed by atoms with Gasteiger partial charge in [-0.1, -0.05) is 0 Å². The smallest absolute Gasteiger partial charge is 0.0949 e. The maximum absolute atomic E-state index is 4.29. The van der Waals surface area contributed by atoms with Gasteiger partial charge in [0.2, 0.25) is 0 Å². The lowest BCUT2D eigenvalue weighted by Crippen LogP contribution is -2.45. The summed E-state index contributed by atoms with van der Waals surface area (Å²) < 4.78 is 2.23. The zero-order chi connectivity index (χ0) is 11.8. The number of aryl methyl sites for hydroxylation is 1. The van der Waals surface area contributed by atoms with Crippen molar-refractivity contribution in [3.8, 4) is 0 Å². The fraction of sp³-hybridized carbons (Fsp3) is 0.769. The van der Waals surface area contributed by atoms with Crippen LogP contribution in [0.15, 0.2) is 12.5 Å². The molecular weight excluding hydrogens is 198 g/mol. The summed E-state index contributed by atoms with van der Waals surface area (Å²) in [4.78, 5) is 6.92. The van der Waals surface area contributed by atoms with E-state index in [1.165, 1.54) is 19.4 Å². The number of imidazole rings is 1. The maximum atomic E-state index is 4.29. The second kappa shape index (κ2) is 4.21. The van der Waals surface area contributed by atoms with Gasteiger partial charge in [0.1, 0.15) is 0 Å². The van der Waals surface area contributed by atoms with E-state index in [9.17, 15) is 0 Å². The van der Waals surface area contributed by atoms with Gasteiger partial charge < -0.3 is 4.57 Å². The molecule has 0 N–H and O–H groups in total. The van der Waals surface area contributed by atoms with Gasteiger partial charge in [-0.3, -0.25) is 4.90 Å². The average molecular weight is 221 g/mol. The third-order valence-corrected chi connectivity index (χ3v) is 3.42. The molecule has 0 aliphatic carbocycles. The first-order valence-electron chi connectivity index (χ1n) is 6.22. The molecule has 1 aromatic heterocycles. The molecule has 1 saturated heterocycles. The molecule has 1 aliphatic rings. The van der Waals surface area contributed by atoms with E-state index in [-0.39, 0.29) is 5.54 Å². The van der Waals surface area contributed by atoms with E-state index in [1.54, 1.807) is 0 Å². The zero-order valence-corrected chi connectivity index (χ0v) is 10.9. The van der Waals surface area contributed by atoms with Crippen LogP contribution in [-0.2, 0) is 6.54 Å².